The van der Waals surface area contributed by atoms with Crippen LogP contribution in [0.1, 0.15) is 26.7 Å². The molecule has 14 heavy (non-hydrogen) atoms. The summed E-state index contributed by atoms with van der Waals surface area (Å²) >= 11 is 2.64. The Labute approximate surface area is 97.3 Å². The molecule has 0 aliphatic rings. The number of hydrogen-bond donors (Lipinski definition) is 1. The summed E-state index contributed by atoms with van der Waals surface area (Å²) in [5, 5.41) is 8.17. The Kier molecular flexibility index (Phi) is 10.4. The summed E-state index contributed by atoms with van der Waals surface area (Å²) in [6, 6.07) is 0. The highest BCUT2D eigenvalue weighted by Crippen LogP contribution is 2.25. The van der Waals surface area contributed by atoms with Crippen molar-refractivity contribution in [3.8, 4) is 0 Å². The van der Waals surface area contributed by atoms with Gasteiger partial charge >= 0.3 is 5.97 Å². The van der Waals surface area contributed by atoms with Gasteiger partial charge in [0.1, 0.15) is 11.2 Å². The number of carbonyl (C=O) groups is 1. The largest absolute Gasteiger partial charge is 0.480 e. The zero-order valence-corrected chi connectivity index (χ0v) is 10.8. The average molecular weight is 256 g/mol. The Bertz CT molecular complexity index is 155. The fraction of sp³-hybridized carbons (Fsp3) is 0.875. The minimum Gasteiger partial charge on any atom is -0.480 e. The first kappa shape index (κ1) is 14.5. The molecule has 1 unspecified atom stereocenters. The molecule has 0 bridgehead atoms. The van der Waals surface area contributed by atoms with Gasteiger partial charge in [-0.15, -0.1) is 11.8 Å². The molecule has 0 aliphatic heterocycles. The first-order valence-corrected chi connectivity index (χ1v) is 7.73. The fourth-order valence-corrected chi connectivity index (χ4v) is 2.88. The normalized spacial score (nSPS) is 12.7. The molecule has 6 heteroatoms. The van der Waals surface area contributed by atoms with E-state index in [-0.39, 0.29) is 0 Å². The van der Waals surface area contributed by atoms with Crippen molar-refractivity contribution in [2.45, 2.75) is 31.9 Å². The Balaban J connectivity index is 3.09. The summed E-state index contributed by atoms with van der Waals surface area (Å²) in [6.45, 7) is 3.81. The van der Waals surface area contributed by atoms with Crippen LogP contribution >= 0.6 is 33.6 Å². The van der Waals surface area contributed by atoms with E-state index in [1.807, 2.05) is 0 Å². The fourth-order valence-electron chi connectivity index (χ4n) is 0.492. The van der Waals surface area contributed by atoms with Gasteiger partial charge in [-0.2, -0.15) is 0 Å². The molecule has 1 N–H and O–H groups in total. The summed E-state index contributed by atoms with van der Waals surface area (Å²) in [5.41, 5.74) is 0. The van der Waals surface area contributed by atoms with E-state index < -0.39 is 11.2 Å². The van der Waals surface area contributed by atoms with Crippen LogP contribution in [0.5, 0.6) is 0 Å². The zero-order valence-electron chi connectivity index (χ0n) is 8.39. The molecular formula is C8H16O3S3. The highest BCUT2D eigenvalue weighted by atomic mass is 33.1. The van der Waals surface area contributed by atoms with Gasteiger partial charge in [-0.25, -0.2) is 0 Å². The molecule has 0 rings (SSSR count). The lowest BCUT2D eigenvalue weighted by molar-refractivity contribution is -0.136. The first-order chi connectivity index (χ1) is 6.68. The van der Waals surface area contributed by atoms with Crippen molar-refractivity contribution < 1.29 is 14.1 Å². The van der Waals surface area contributed by atoms with E-state index >= 15 is 0 Å². The zero-order chi connectivity index (χ0) is 10.8. The van der Waals surface area contributed by atoms with E-state index in [1.54, 1.807) is 17.7 Å². The van der Waals surface area contributed by atoms with E-state index in [1.165, 1.54) is 35.7 Å². The van der Waals surface area contributed by atoms with Gasteiger partial charge in [0.2, 0.25) is 0 Å². The quantitative estimate of drug-likeness (QED) is 0.296. The Morgan fingerprint density at radius 1 is 1.57 bits per heavy atom. The SMILES string of the molecule is CCCCSSOCSC(C)C(=O)O. The lowest BCUT2D eigenvalue weighted by Gasteiger charge is -2.05. The Hall–Kier alpha value is 0.480. The van der Waals surface area contributed by atoms with Crippen LogP contribution in [0.25, 0.3) is 0 Å². The molecule has 0 saturated heterocycles. The molecule has 3 nitrogen and oxygen atoms in total. The molecule has 0 heterocycles. The number of rotatable bonds is 9. The van der Waals surface area contributed by atoms with E-state index in [0.29, 0.717) is 5.94 Å². The third kappa shape index (κ3) is 9.05. The van der Waals surface area contributed by atoms with Gasteiger partial charge < -0.3 is 5.11 Å². The second-order valence-electron chi connectivity index (χ2n) is 2.63. The molecule has 84 valence electrons. The molecule has 0 aliphatic carbocycles. The van der Waals surface area contributed by atoms with Crippen LogP contribution < -0.4 is 0 Å². The predicted molar refractivity (Wildman–Crippen MR) is 65.6 cm³/mol. The van der Waals surface area contributed by atoms with Crippen molar-refractivity contribution >= 4 is 39.6 Å². The van der Waals surface area contributed by atoms with E-state index in [4.69, 9.17) is 9.29 Å². The van der Waals surface area contributed by atoms with Crippen LogP contribution in [0.4, 0.5) is 0 Å². The maximum absolute atomic E-state index is 10.4. The van der Waals surface area contributed by atoms with Crippen LogP contribution in [0, 0.1) is 0 Å². The molecule has 1 atom stereocenters. The van der Waals surface area contributed by atoms with Crippen LogP contribution in [-0.2, 0) is 8.98 Å². The van der Waals surface area contributed by atoms with Crippen LogP contribution in [0.3, 0.4) is 0 Å². The summed E-state index contributed by atoms with van der Waals surface area (Å²) in [6.07, 6.45) is 2.39. The summed E-state index contributed by atoms with van der Waals surface area (Å²) in [7, 11) is 1.67. The monoisotopic (exact) mass is 256 g/mol. The van der Waals surface area contributed by atoms with Gasteiger partial charge in [0.25, 0.3) is 0 Å². The van der Waals surface area contributed by atoms with Gasteiger partial charge in [0.15, 0.2) is 0 Å². The molecule has 0 fully saturated rings. The van der Waals surface area contributed by atoms with Gasteiger partial charge in [-0.05, 0) is 13.3 Å². The lowest BCUT2D eigenvalue weighted by atomic mass is 10.4. The minimum atomic E-state index is -0.790. The molecular weight excluding hydrogens is 240 g/mol. The number of hydrogen-bond acceptors (Lipinski definition) is 5. The second kappa shape index (κ2) is 10.0. The summed E-state index contributed by atoms with van der Waals surface area (Å²) < 4.78 is 5.18. The lowest BCUT2D eigenvalue weighted by Crippen LogP contribution is -2.11. The Morgan fingerprint density at radius 3 is 2.86 bits per heavy atom. The van der Waals surface area contributed by atoms with E-state index in [2.05, 4.69) is 6.92 Å². The molecule has 0 aromatic rings. The molecule has 0 aromatic heterocycles. The minimum absolute atomic E-state index is 0.392. The molecule has 0 saturated carbocycles. The van der Waals surface area contributed by atoms with Gasteiger partial charge in [0, 0.05) is 5.75 Å². The van der Waals surface area contributed by atoms with Crippen molar-refractivity contribution in [1.29, 1.82) is 0 Å². The maximum Gasteiger partial charge on any atom is 0.316 e. The van der Waals surface area contributed by atoms with E-state index in [0.717, 1.165) is 5.75 Å². The van der Waals surface area contributed by atoms with Crippen molar-refractivity contribution in [3.05, 3.63) is 0 Å². The standard InChI is InChI=1S/C8H16O3S3/c1-3-4-5-13-14-11-6-12-7(2)8(9)10/h7H,3-6H2,1-2H3,(H,9,10). The van der Waals surface area contributed by atoms with Crippen molar-refractivity contribution in [1.82, 2.24) is 0 Å². The van der Waals surface area contributed by atoms with Crippen LogP contribution in [0.2, 0.25) is 0 Å². The molecule has 0 radical (unpaired) electrons. The number of aliphatic carboxylic acids is 1. The van der Waals surface area contributed by atoms with Gasteiger partial charge in [0.05, 0.1) is 11.1 Å². The average Bonchev–Trinajstić information content (AvgIpc) is 2.16. The Morgan fingerprint density at radius 2 is 2.29 bits per heavy atom. The van der Waals surface area contributed by atoms with Gasteiger partial charge in [-0.1, -0.05) is 24.1 Å². The van der Waals surface area contributed by atoms with Crippen molar-refractivity contribution in [2.75, 3.05) is 11.7 Å². The molecule has 0 spiro atoms. The number of carboxylic acids is 1. The highest BCUT2D eigenvalue weighted by molar-refractivity contribution is 8.74. The number of unbranched alkanes of at least 4 members (excludes halogenated alkanes) is 1. The third-order valence-electron chi connectivity index (χ3n) is 1.39. The summed E-state index contributed by atoms with van der Waals surface area (Å²) in [4.78, 5) is 10.4. The van der Waals surface area contributed by atoms with Gasteiger partial charge in [-0.3, -0.25) is 8.98 Å². The maximum atomic E-state index is 10.4. The first-order valence-electron chi connectivity index (χ1n) is 4.44. The number of carboxylic acid groups (broad SMARTS) is 1. The van der Waals surface area contributed by atoms with Crippen molar-refractivity contribution in [2.24, 2.45) is 0 Å². The molecule has 0 aromatic carbocycles. The smallest absolute Gasteiger partial charge is 0.316 e. The second-order valence-corrected chi connectivity index (χ2v) is 6.03. The third-order valence-corrected chi connectivity index (χ3v) is 4.34. The van der Waals surface area contributed by atoms with Crippen LogP contribution in [-0.4, -0.2) is 28.0 Å². The van der Waals surface area contributed by atoms with Crippen LogP contribution in [0.15, 0.2) is 0 Å². The molecule has 0 amide bonds. The topological polar surface area (TPSA) is 46.5 Å². The van der Waals surface area contributed by atoms with Crippen molar-refractivity contribution in [3.63, 3.8) is 0 Å². The predicted octanol–water partition coefficient (Wildman–Crippen LogP) is 3.26. The van der Waals surface area contributed by atoms with E-state index in [9.17, 15) is 4.79 Å². The number of thioether (sulfide) groups is 1. The summed E-state index contributed by atoms with van der Waals surface area (Å²) in [5.74, 6) is 0.722. The highest BCUT2D eigenvalue weighted by Gasteiger charge is 2.10.